The molecule has 0 radical (unpaired) electrons. The number of rotatable bonds is 6. The maximum absolute atomic E-state index is 3.70. The van der Waals surface area contributed by atoms with Crippen molar-refractivity contribution in [3.8, 4) is 0 Å². The van der Waals surface area contributed by atoms with Gasteiger partial charge < -0.3 is 0 Å². The van der Waals surface area contributed by atoms with Crippen molar-refractivity contribution < 1.29 is 16.6 Å². The molecule has 0 heterocycles. The molecular weight excluding hydrogens is 480 g/mol. The monoisotopic (exact) mass is 512 g/mol. The van der Waals surface area contributed by atoms with Gasteiger partial charge in [-0.1, -0.05) is 0 Å². The van der Waals surface area contributed by atoms with Crippen molar-refractivity contribution in [3.63, 3.8) is 0 Å². The Morgan fingerprint density at radius 3 is 1.16 bits per heavy atom. The van der Waals surface area contributed by atoms with Crippen LogP contribution in [-0.2, 0) is 24.0 Å². The van der Waals surface area contributed by atoms with E-state index in [1.807, 2.05) is 0 Å². The third-order valence-corrected chi connectivity index (χ3v) is 17.8. The molecule has 0 fully saturated rings. The van der Waals surface area contributed by atoms with Crippen molar-refractivity contribution in [1.82, 2.24) is 0 Å². The van der Waals surface area contributed by atoms with Crippen LogP contribution in [0.2, 0.25) is 0 Å². The summed E-state index contributed by atoms with van der Waals surface area (Å²) < 4.78 is 2.48. The molecule has 0 aromatic heterocycles. The van der Waals surface area contributed by atoms with Crippen LogP contribution in [0.4, 0.5) is 0 Å². The second-order valence-corrected chi connectivity index (χ2v) is 17.1. The van der Waals surface area contributed by atoms with Crippen LogP contribution in [0.25, 0.3) is 0 Å². The van der Waals surface area contributed by atoms with E-state index in [0.29, 0.717) is 0 Å². The van der Waals surface area contributed by atoms with E-state index in [-0.39, 0.29) is 7.44 Å². The summed E-state index contributed by atoms with van der Waals surface area (Å²) >= 11 is -3.70. The molecule has 0 bridgehead atoms. The second kappa shape index (κ2) is 9.45. The molecule has 4 aromatic rings. The molecule has 180 valence electrons. The fourth-order valence-electron chi connectivity index (χ4n) is 6.91. The summed E-state index contributed by atoms with van der Waals surface area (Å²) in [6.07, 6.45) is 19.2. The van der Waals surface area contributed by atoms with Crippen molar-refractivity contribution in [2.75, 3.05) is 0 Å². The standard InChI is InChI=1S/2C11H9.2C7H7.Ti/c2*1-2-6-10(7-3-1)11-8-4-5-9-11;2*1-7-5-3-2-4-6-7;/h2*1-9H;2*2-3,5-6H,1H3;. The Balaban J connectivity index is 1.87. The molecule has 2 aliphatic rings. The van der Waals surface area contributed by atoms with Crippen LogP contribution in [0.1, 0.15) is 22.3 Å². The number of hydrogen-bond acceptors (Lipinski definition) is 0. The Morgan fingerprint density at radius 1 is 0.432 bits per heavy atom. The predicted molar refractivity (Wildman–Crippen MR) is 154 cm³/mol. The van der Waals surface area contributed by atoms with Crippen LogP contribution in [-0.4, -0.2) is 0 Å². The third kappa shape index (κ3) is 3.55. The summed E-state index contributed by atoms with van der Waals surface area (Å²) in [5.41, 5.74) is 5.35. The molecule has 0 saturated heterocycles. The minimum absolute atomic E-state index is 0.252. The molecule has 2 aliphatic carbocycles. The van der Waals surface area contributed by atoms with Gasteiger partial charge in [0.1, 0.15) is 0 Å². The van der Waals surface area contributed by atoms with E-state index in [1.54, 1.807) is 0 Å². The zero-order valence-corrected chi connectivity index (χ0v) is 23.1. The van der Waals surface area contributed by atoms with Gasteiger partial charge >= 0.3 is 226 Å². The van der Waals surface area contributed by atoms with Crippen LogP contribution in [0.3, 0.4) is 0 Å². The Hall–Kier alpha value is -3.45. The Labute approximate surface area is 224 Å². The van der Waals surface area contributed by atoms with Crippen molar-refractivity contribution in [3.05, 3.63) is 180 Å². The zero-order valence-electron chi connectivity index (χ0n) is 21.5. The number of allylic oxidation sites excluding steroid dienone is 8. The summed E-state index contributed by atoms with van der Waals surface area (Å²) in [6, 6.07) is 41.2. The summed E-state index contributed by atoms with van der Waals surface area (Å²) in [4.78, 5) is 0. The van der Waals surface area contributed by atoms with E-state index in [1.165, 1.54) is 30.0 Å². The van der Waals surface area contributed by atoms with Crippen molar-refractivity contribution >= 4 is 7.74 Å². The maximum atomic E-state index is 2.51. The van der Waals surface area contributed by atoms with E-state index in [2.05, 4.69) is 172 Å². The van der Waals surface area contributed by atoms with E-state index in [4.69, 9.17) is 0 Å². The van der Waals surface area contributed by atoms with E-state index < -0.39 is 16.6 Å². The first-order valence-electron chi connectivity index (χ1n) is 13.1. The Kier molecular flexibility index (Phi) is 6.11. The first-order valence-corrected chi connectivity index (χ1v) is 16.2. The summed E-state index contributed by atoms with van der Waals surface area (Å²) in [5, 5.41) is 0. The number of benzene rings is 4. The molecule has 0 atom stereocenters. The molecule has 0 nitrogen and oxygen atoms in total. The molecule has 0 N–H and O–H groups in total. The minimum atomic E-state index is -3.70. The molecule has 0 saturated carbocycles. The van der Waals surface area contributed by atoms with Gasteiger partial charge in [0.25, 0.3) is 0 Å². The molecule has 6 rings (SSSR count). The van der Waals surface area contributed by atoms with E-state index >= 15 is 0 Å². The van der Waals surface area contributed by atoms with Crippen LogP contribution < -0.4 is 7.74 Å². The van der Waals surface area contributed by atoms with Gasteiger partial charge in [0, 0.05) is 0 Å². The van der Waals surface area contributed by atoms with E-state index in [9.17, 15) is 0 Å². The van der Waals surface area contributed by atoms with Gasteiger partial charge in [0.05, 0.1) is 0 Å². The van der Waals surface area contributed by atoms with Crippen molar-refractivity contribution in [1.29, 1.82) is 0 Å². The fraction of sp³-hybridized carbons (Fsp3) is 0.111. The van der Waals surface area contributed by atoms with Gasteiger partial charge in [-0.05, 0) is 0 Å². The second-order valence-electron chi connectivity index (χ2n) is 10.4. The van der Waals surface area contributed by atoms with Crippen LogP contribution in [0.5, 0.6) is 0 Å². The predicted octanol–water partition coefficient (Wildman–Crippen LogP) is 7.45. The first-order chi connectivity index (χ1) is 18.1. The third-order valence-electron chi connectivity index (χ3n) is 8.30. The topological polar surface area (TPSA) is 0 Å². The van der Waals surface area contributed by atoms with E-state index in [0.717, 1.165) is 0 Å². The van der Waals surface area contributed by atoms with Crippen LogP contribution in [0.15, 0.2) is 158 Å². The molecular formula is C36H32Ti. The molecule has 0 amide bonds. The van der Waals surface area contributed by atoms with Gasteiger partial charge in [-0.2, -0.15) is 0 Å². The fourth-order valence-corrected chi connectivity index (χ4v) is 18.0. The molecule has 0 unspecified atom stereocenters. The summed E-state index contributed by atoms with van der Waals surface area (Å²) in [5.74, 6) is 0. The van der Waals surface area contributed by atoms with Crippen molar-refractivity contribution in [2.45, 2.75) is 21.3 Å². The molecule has 0 spiro atoms. The van der Waals surface area contributed by atoms with Gasteiger partial charge in [-0.25, -0.2) is 0 Å². The average Bonchev–Trinajstić information content (AvgIpc) is 3.63. The van der Waals surface area contributed by atoms with Gasteiger partial charge in [-0.15, -0.1) is 0 Å². The Morgan fingerprint density at radius 2 is 0.811 bits per heavy atom. The summed E-state index contributed by atoms with van der Waals surface area (Å²) in [6.45, 7) is 4.47. The summed E-state index contributed by atoms with van der Waals surface area (Å²) in [7, 11) is 0. The van der Waals surface area contributed by atoms with Crippen LogP contribution in [0, 0.1) is 13.8 Å². The first kappa shape index (κ1) is 23.9. The Bertz CT molecular complexity index is 1390. The van der Waals surface area contributed by atoms with Gasteiger partial charge in [-0.3, -0.25) is 0 Å². The van der Waals surface area contributed by atoms with Crippen molar-refractivity contribution in [2.24, 2.45) is 0 Å². The molecule has 0 aliphatic heterocycles. The molecule has 4 aromatic carbocycles. The number of aryl methyl sites for hydroxylation is 2. The number of hydrogen-bond donors (Lipinski definition) is 0. The zero-order chi connectivity index (χ0) is 25.3. The molecule has 1 heteroatoms. The quantitative estimate of drug-likeness (QED) is 0.236. The van der Waals surface area contributed by atoms with Gasteiger partial charge in [0.15, 0.2) is 0 Å². The average molecular weight is 513 g/mol. The molecule has 37 heavy (non-hydrogen) atoms. The van der Waals surface area contributed by atoms with Crippen LogP contribution >= 0.6 is 0 Å². The van der Waals surface area contributed by atoms with Gasteiger partial charge in [0.2, 0.25) is 0 Å². The SMILES string of the molecule is Cc1ccc[c]([Ti]([c]2cccc(C)c2)([C]2(c3ccccc3)C=CC=C2)[C]2(c3ccccc3)C=CC=C2)c1. The normalized spacial score (nSPS) is 16.9.